The van der Waals surface area contributed by atoms with Gasteiger partial charge in [0, 0.05) is 29.8 Å². The molecule has 28 heavy (non-hydrogen) atoms. The van der Waals surface area contributed by atoms with Crippen LogP contribution in [0.4, 0.5) is 5.69 Å². The molecule has 1 atom stereocenters. The number of hydrogen-bond donors (Lipinski definition) is 0. The molecule has 1 aromatic heterocycles. The van der Waals surface area contributed by atoms with E-state index in [2.05, 4.69) is 10.1 Å². The lowest BCUT2D eigenvalue weighted by molar-refractivity contribution is -0.384. The number of aromatic nitrogens is 2. The molecule has 4 rings (SSSR count). The Labute approximate surface area is 160 Å². The van der Waals surface area contributed by atoms with Gasteiger partial charge in [-0.2, -0.15) is 4.98 Å². The fraction of sp³-hybridized carbons (Fsp3) is 0.250. The number of likely N-dealkylation sites (tertiary alicyclic amines) is 1. The summed E-state index contributed by atoms with van der Waals surface area (Å²) in [5.41, 5.74) is 2.35. The average molecular weight is 378 g/mol. The van der Waals surface area contributed by atoms with E-state index in [-0.39, 0.29) is 17.6 Å². The van der Waals surface area contributed by atoms with Crippen molar-refractivity contribution in [2.75, 3.05) is 6.54 Å². The van der Waals surface area contributed by atoms with Crippen molar-refractivity contribution in [1.82, 2.24) is 15.0 Å². The van der Waals surface area contributed by atoms with Crippen molar-refractivity contribution in [2.45, 2.75) is 25.8 Å². The van der Waals surface area contributed by atoms with Gasteiger partial charge in [0.05, 0.1) is 4.92 Å². The third-order valence-electron chi connectivity index (χ3n) is 4.88. The maximum atomic E-state index is 12.9. The van der Waals surface area contributed by atoms with Crippen molar-refractivity contribution in [1.29, 1.82) is 0 Å². The average Bonchev–Trinajstić information content (AvgIpc) is 3.37. The molecule has 8 heteroatoms. The van der Waals surface area contributed by atoms with Gasteiger partial charge < -0.3 is 9.42 Å². The Morgan fingerprint density at radius 1 is 1.18 bits per heavy atom. The minimum absolute atomic E-state index is 0.0471. The Morgan fingerprint density at radius 2 is 1.89 bits per heavy atom. The molecule has 2 heterocycles. The first-order chi connectivity index (χ1) is 13.5. The zero-order valence-electron chi connectivity index (χ0n) is 15.2. The fourth-order valence-corrected chi connectivity index (χ4v) is 3.35. The molecule has 3 aromatic rings. The van der Waals surface area contributed by atoms with Crippen LogP contribution in [-0.2, 0) is 0 Å². The number of nitro benzene ring substituents is 1. The molecule has 0 aliphatic carbocycles. The minimum atomic E-state index is -0.488. The smallest absolute Gasteiger partial charge is 0.269 e. The van der Waals surface area contributed by atoms with E-state index in [4.69, 9.17) is 4.52 Å². The van der Waals surface area contributed by atoms with Gasteiger partial charge in [-0.1, -0.05) is 35.0 Å². The van der Waals surface area contributed by atoms with Crippen LogP contribution in [0.5, 0.6) is 0 Å². The molecule has 8 nitrogen and oxygen atoms in total. The number of hydrogen-bond acceptors (Lipinski definition) is 6. The van der Waals surface area contributed by atoms with Gasteiger partial charge in [0.2, 0.25) is 11.7 Å². The molecular formula is C20H18N4O4. The van der Waals surface area contributed by atoms with E-state index in [1.165, 1.54) is 24.3 Å². The van der Waals surface area contributed by atoms with Gasteiger partial charge in [0.25, 0.3) is 11.6 Å². The molecule has 1 saturated heterocycles. The molecule has 0 spiro atoms. The summed E-state index contributed by atoms with van der Waals surface area (Å²) < 4.78 is 5.46. The number of benzene rings is 2. The third kappa shape index (κ3) is 3.36. The molecule has 1 aliphatic rings. The number of carbonyl (C=O) groups excluding carboxylic acids is 1. The van der Waals surface area contributed by atoms with Crippen LogP contribution in [0.2, 0.25) is 0 Å². The van der Waals surface area contributed by atoms with Crippen LogP contribution in [0.1, 0.15) is 40.7 Å². The van der Waals surface area contributed by atoms with E-state index in [1.807, 2.05) is 31.2 Å². The summed E-state index contributed by atoms with van der Waals surface area (Å²) in [7, 11) is 0. The van der Waals surface area contributed by atoms with Gasteiger partial charge in [0.1, 0.15) is 6.04 Å². The molecule has 1 unspecified atom stereocenters. The Bertz CT molecular complexity index is 1010. The van der Waals surface area contributed by atoms with Crippen LogP contribution in [0.3, 0.4) is 0 Å². The number of nitrogens with zero attached hydrogens (tertiary/aromatic N) is 4. The Kier molecular flexibility index (Phi) is 4.60. The van der Waals surface area contributed by atoms with Crippen molar-refractivity contribution in [3.05, 3.63) is 75.7 Å². The minimum Gasteiger partial charge on any atom is -0.337 e. The summed E-state index contributed by atoms with van der Waals surface area (Å²) in [5, 5.41) is 14.9. The first-order valence-corrected chi connectivity index (χ1v) is 8.99. The topological polar surface area (TPSA) is 102 Å². The first kappa shape index (κ1) is 17.8. The van der Waals surface area contributed by atoms with E-state index in [1.54, 1.807) is 4.90 Å². The second kappa shape index (κ2) is 7.22. The molecule has 0 saturated carbocycles. The van der Waals surface area contributed by atoms with Crippen LogP contribution in [0, 0.1) is 17.0 Å². The van der Waals surface area contributed by atoms with Crippen molar-refractivity contribution in [3.63, 3.8) is 0 Å². The SMILES string of the molecule is Cc1ccc(-c2noc(C3CCCN3C(=O)c3ccc([N+](=O)[O-])cc3)n2)cc1. The monoisotopic (exact) mass is 378 g/mol. The fourth-order valence-electron chi connectivity index (χ4n) is 3.35. The Hall–Kier alpha value is -3.55. The summed E-state index contributed by atoms with van der Waals surface area (Å²) in [4.78, 5) is 29.4. The molecule has 0 N–H and O–H groups in total. The number of aryl methyl sites for hydroxylation is 1. The number of amides is 1. The quantitative estimate of drug-likeness (QED) is 0.503. The highest BCUT2D eigenvalue weighted by Gasteiger charge is 2.34. The van der Waals surface area contributed by atoms with Gasteiger partial charge >= 0.3 is 0 Å². The standard InChI is InChI=1S/C20H18N4O4/c1-13-4-6-14(7-5-13)18-21-19(28-22-18)17-3-2-12-23(17)20(25)15-8-10-16(11-9-15)24(26)27/h4-11,17H,2-3,12H2,1H3. The number of rotatable bonds is 4. The van der Waals surface area contributed by atoms with Gasteiger partial charge in [-0.3, -0.25) is 14.9 Å². The maximum Gasteiger partial charge on any atom is 0.269 e. The Balaban J connectivity index is 1.56. The van der Waals surface area contributed by atoms with E-state index in [0.29, 0.717) is 23.8 Å². The molecule has 1 fully saturated rings. The molecule has 142 valence electrons. The summed E-state index contributed by atoms with van der Waals surface area (Å²) in [6.45, 7) is 2.58. The van der Waals surface area contributed by atoms with E-state index < -0.39 is 4.92 Å². The highest BCUT2D eigenvalue weighted by molar-refractivity contribution is 5.94. The van der Waals surface area contributed by atoms with E-state index in [0.717, 1.165) is 24.0 Å². The molecular weight excluding hydrogens is 360 g/mol. The van der Waals surface area contributed by atoms with E-state index in [9.17, 15) is 14.9 Å². The largest absolute Gasteiger partial charge is 0.337 e. The molecule has 1 amide bonds. The van der Waals surface area contributed by atoms with Crippen molar-refractivity contribution >= 4 is 11.6 Å². The lowest BCUT2D eigenvalue weighted by Crippen LogP contribution is -2.30. The number of nitro groups is 1. The normalized spacial score (nSPS) is 16.3. The Morgan fingerprint density at radius 3 is 2.57 bits per heavy atom. The third-order valence-corrected chi connectivity index (χ3v) is 4.88. The highest BCUT2D eigenvalue weighted by Crippen LogP contribution is 2.33. The van der Waals surface area contributed by atoms with Crippen molar-refractivity contribution in [3.8, 4) is 11.4 Å². The van der Waals surface area contributed by atoms with Crippen LogP contribution < -0.4 is 0 Å². The predicted molar refractivity (Wildman–Crippen MR) is 101 cm³/mol. The van der Waals surface area contributed by atoms with Crippen LogP contribution >= 0.6 is 0 Å². The van der Waals surface area contributed by atoms with Gasteiger partial charge in [0.15, 0.2) is 0 Å². The van der Waals surface area contributed by atoms with Crippen LogP contribution in [0.15, 0.2) is 53.1 Å². The summed E-state index contributed by atoms with van der Waals surface area (Å²) in [6.07, 6.45) is 1.56. The number of carbonyl (C=O) groups is 1. The van der Waals surface area contributed by atoms with Crippen LogP contribution in [-0.4, -0.2) is 32.4 Å². The second-order valence-corrected chi connectivity index (χ2v) is 6.78. The molecule has 1 aliphatic heterocycles. The molecule has 0 radical (unpaired) electrons. The van der Waals surface area contributed by atoms with Gasteiger partial charge in [-0.15, -0.1) is 0 Å². The van der Waals surface area contributed by atoms with Crippen molar-refractivity contribution < 1.29 is 14.2 Å². The highest BCUT2D eigenvalue weighted by atomic mass is 16.6. The van der Waals surface area contributed by atoms with Crippen molar-refractivity contribution in [2.24, 2.45) is 0 Å². The zero-order valence-corrected chi connectivity index (χ0v) is 15.2. The van der Waals surface area contributed by atoms with Gasteiger partial charge in [-0.05, 0) is 31.9 Å². The van der Waals surface area contributed by atoms with Crippen LogP contribution in [0.25, 0.3) is 11.4 Å². The lowest BCUT2D eigenvalue weighted by atomic mass is 10.1. The predicted octanol–water partition coefficient (Wildman–Crippen LogP) is 3.93. The zero-order chi connectivity index (χ0) is 19.7. The van der Waals surface area contributed by atoms with E-state index >= 15 is 0 Å². The summed E-state index contributed by atoms with van der Waals surface area (Å²) >= 11 is 0. The lowest BCUT2D eigenvalue weighted by Gasteiger charge is -2.21. The first-order valence-electron chi connectivity index (χ1n) is 8.99. The summed E-state index contributed by atoms with van der Waals surface area (Å²) in [6, 6.07) is 13.1. The number of non-ortho nitro benzene ring substituents is 1. The summed E-state index contributed by atoms with van der Waals surface area (Å²) in [5.74, 6) is 0.695. The molecule has 0 bridgehead atoms. The second-order valence-electron chi connectivity index (χ2n) is 6.78. The molecule has 2 aromatic carbocycles. The van der Waals surface area contributed by atoms with Gasteiger partial charge in [-0.25, -0.2) is 0 Å². The maximum absolute atomic E-state index is 12.9.